The average Bonchev–Trinajstić information content (AvgIpc) is 2.55. The van der Waals surface area contributed by atoms with E-state index in [9.17, 15) is 4.79 Å². The fourth-order valence-electron chi connectivity index (χ4n) is 2.40. The summed E-state index contributed by atoms with van der Waals surface area (Å²) in [6.45, 7) is 7.91. The molecule has 1 amide bonds. The van der Waals surface area contributed by atoms with E-state index in [1.807, 2.05) is 13.0 Å². The quantitative estimate of drug-likeness (QED) is 0.878. The summed E-state index contributed by atoms with van der Waals surface area (Å²) in [7, 11) is 0. The van der Waals surface area contributed by atoms with Gasteiger partial charge < -0.3 is 10.2 Å². The number of nitriles is 1. The molecule has 0 bridgehead atoms. The molecule has 1 unspecified atom stereocenters. The zero-order valence-electron chi connectivity index (χ0n) is 13.2. The number of rotatable bonds is 5. The van der Waals surface area contributed by atoms with Gasteiger partial charge in [0.2, 0.25) is 5.91 Å². The first kappa shape index (κ1) is 16.2. The minimum Gasteiger partial charge on any atom is -0.354 e. The minimum absolute atomic E-state index is 0.0966. The van der Waals surface area contributed by atoms with Gasteiger partial charge in [-0.15, -0.1) is 0 Å². The Morgan fingerprint density at radius 2 is 2.14 bits per heavy atom. The Balaban J connectivity index is 1.80. The second-order valence-corrected chi connectivity index (χ2v) is 5.66. The number of carbonyl (C=O) groups is 1. The SMILES string of the molecule is CCC(C)NC(=O)CN1CCN(c2ccc(C#N)cn2)CC1. The first-order chi connectivity index (χ1) is 10.6. The second-order valence-electron chi connectivity index (χ2n) is 5.66. The van der Waals surface area contributed by atoms with Crippen LogP contribution in [-0.2, 0) is 4.79 Å². The largest absolute Gasteiger partial charge is 0.354 e. The highest BCUT2D eigenvalue weighted by Gasteiger charge is 2.20. The van der Waals surface area contributed by atoms with Gasteiger partial charge in [-0.3, -0.25) is 9.69 Å². The van der Waals surface area contributed by atoms with Crippen LogP contribution in [-0.4, -0.2) is 54.6 Å². The predicted molar refractivity (Wildman–Crippen MR) is 85.5 cm³/mol. The van der Waals surface area contributed by atoms with Crippen LogP contribution in [0.15, 0.2) is 18.3 Å². The topological polar surface area (TPSA) is 72.3 Å². The molecule has 0 radical (unpaired) electrons. The summed E-state index contributed by atoms with van der Waals surface area (Å²) < 4.78 is 0. The maximum Gasteiger partial charge on any atom is 0.234 e. The van der Waals surface area contributed by atoms with Crippen LogP contribution in [0.3, 0.4) is 0 Å². The van der Waals surface area contributed by atoms with Crippen LogP contribution in [0.5, 0.6) is 0 Å². The molecule has 0 aliphatic carbocycles. The highest BCUT2D eigenvalue weighted by atomic mass is 16.2. The molecule has 2 heterocycles. The molecule has 1 aromatic heterocycles. The highest BCUT2D eigenvalue weighted by molar-refractivity contribution is 5.78. The Labute approximate surface area is 131 Å². The third-order valence-corrected chi connectivity index (χ3v) is 3.96. The Morgan fingerprint density at radius 1 is 1.41 bits per heavy atom. The van der Waals surface area contributed by atoms with Gasteiger partial charge in [-0.25, -0.2) is 4.98 Å². The molecule has 118 valence electrons. The molecule has 1 aliphatic heterocycles. The van der Waals surface area contributed by atoms with E-state index < -0.39 is 0 Å². The van der Waals surface area contributed by atoms with Crippen molar-refractivity contribution in [1.29, 1.82) is 5.26 Å². The number of nitrogens with zero attached hydrogens (tertiary/aromatic N) is 4. The minimum atomic E-state index is 0.0966. The van der Waals surface area contributed by atoms with Gasteiger partial charge in [0.25, 0.3) is 0 Å². The molecule has 2 rings (SSSR count). The average molecular weight is 301 g/mol. The van der Waals surface area contributed by atoms with E-state index in [4.69, 9.17) is 5.26 Å². The van der Waals surface area contributed by atoms with Gasteiger partial charge >= 0.3 is 0 Å². The Hall–Kier alpha value is -2.13. The van der Waals surface area contributed by atoms with Crippen LogP contribution in [0, 0.1) is 11.3 Å². The van der Waals surface area contributed by atoms with Crippen molar-refractivity contribution >= 4 is 11.7 Å². The lowest BCUT2D eigenvalue weighted by Gasteiger charge is -2.35. The van der Waals surface area contributed by atoms with E-state index in [-0.39, 0.29) is 11.9 Å². The molecule has 0 saturated carbocycles. The first-order valence-electron chi connectivity index (χ1n) is 7.75. The zero-order chi connectivity index (χ0) is 15.9. The number of piperazine rings is 1. The van der Waals surface area contributed by atoms with Crippen molar-refractivity contribution in [2.24, 2.45) is 0 Å². The molecule has 1 aromatic rings. The molecular formula is C16H23N5O. The van der Waals surface area contributed by atoms with E-state index in [1.54, 1.807) is 12.3 Å². The smallest absolute Gasteiger partial charge is 0.234 e. The number of amides is 1. The van der Waals surface area contributed by atoms with E-state index in [1.165, 1.54) is 0 Å². The Morgan fingerprint density at radius 3 is 2.68 bits per heavy atom. The van der Waals surface area contributed by atoms with E-state index in [2.05, 4.69) is 33.1 Å². The Bertz CT molecular complexity index is 528. The molecule has 1 N–H and O–H groups in total. The predicted octanol–water partition coefficient (Wildman–Crippen LogP) is 0.990. The number of hydrogen-bond acceptors (Lipinski definition) is 5. The van der Waals surface area contributed by atoms with Gasteiger partial charge in [0.1, 0.15) is 11.9 Å². The van der Waals surface area contributed by atoms with Crippen LogP contribution >= 0.6 is 0 Å². The molecule has 0 spiro atoms. The number of nitrogens with one attached hydrogen (secondary N) is 1. The van der Waals surface area contributed by atoms with Gasteiger partial charge in [-0.05, 0) is 25.5 Å². The molecule has 1 atom stereocenters. The lowest BCUT2D eigenvalue weighted by Crippen LogP contribution is -2.50. The standard InChI is InChI=1S/C16H23N5O/c1-3-13(2)19-16(22)12-20-6-8-21(9-7-20)15-5-4-14(10-17)11-18-15/h4-5,11,13H,3,6-9,12H2,1-2H3,(H,19,22). The number of aromatic nitrogens is 1. The molecule has 1 aliphatic rings. The van der Waals surface area contributed by atoms with Crippen LogP contribution in [0.25, 0.3) is 0 Å². The summed E-state index contributed by atoms with van der Waals surface area (Å²) in [5, 5.41) is 11.8. The molecular weight excluding hydrogens is 278 g/mol. The molecule has 6 heteroatoms. The van der Waals surface area contributed by atoms with Crippen LogP contribution in [0.2, 0.25) is 0 Å². The van der Waals surface area contributed by atoms with E-state index in [0.717, 1.165) is 38.4 Å². The Kier molecular flexibility index (Phi) is 5.73. The van der Waals surface area contributed by atoms with E-state index in [0.29, 0.717) is 12.1 Å². The fourth-order valence-corrected chi connectivity index (χ4v) is 2.40. The van der Waals surface area contributed by atoms with Crippen molar-refractivity contribution in [3.63, 3.8) is 0 Å². The molecule has 1 saturated heterocycles. The van der Waals surface area contributed by atoms with Crippen molar-refractivity contribution in [3.8, 4) is 6.07 Å². The second kappa shape index (κ2) is 7.76. The summed E-state index contributed by atoms with van der Waals surface area (Å²) in [5.74, 6) is 0.988. The lowest BCUT2D eigenvalue weighted by molar-refractivity contribution is -0.122. The van der Waals surface area contributed by atoms with Gasteiger partial charge in [0.05, 0.1) is 12.1 Å². The van der Waals surface area contributed by atoms with Crippen molar-refractivity contribution in [2.75, 3.05) is 37.6 Å². The van der Waals surface area contributed by atoms with Crippen molar-refractivity contribution in [2.45, 2.75) is 26.3 Å². The van der Waals surface area contributed by atoms with Crippen LogP contribution < -0.4 is 10.2 Å². The lowest BCUT2D eigenvalue weighted by atomic mass is 10.2. The number of hydrogen-bond donors (Lipinski definition) is 1. The van der Waals surface area contributed by atoms with Crippen molar-refractivity contribution in [1.82, 2.24) is 15.2 Å². The zero-order valence-corrected chi connectivity index (χ0v) is 13.2. The number of carbonyl (C=O) groups excluding carboxylic acids is 1. The van der Waals surface area contributed by atoms with Crippen molar-refractivity contribution in [3.05, 3.63) is 23.9 Å². The first-order valence-corrected chi connectivity index (χ1v) is 7.75. The summed E-state index contributed by atoms with van der Waals surface area (Å²) in [4.78, 5) is 20.6. The maximum atomic E-state index is 11.9. The third-order valence-electron chi connectivity index (χ3n) is 3.96. The molecule has 1 fully saturated rings. The third kappa shape index (κ3) is 4.43. The monoisotopic (exact) mass is 301 g/mol. The summed E-state index contributed by atoms with van der Waals surface area (Å²) in [6.07, 6.45) is 2.55. The van der Waals surface area contributed by atoms with Crippen molar-refractivity contribution < 1.29 is 4.79 Å². The molecule has 0 aromatic carbocycles. The normalized spacial score (nSPS) is 16.9. The number of pyridine rings is 1. The highest BCUT2D eigenvalue weighted by Crippen LogP contribution is 2.13. The van der Waals surface area contributed by atoms with Gasteiger partial charge in [0, 0.05) is 38.4 Å². The van der Waals surface area contributed by atoms with Gasteiger partial charge in [0.15, 0.2) is 0 Å². The number of anilines is 1. The molecule has 22 heavy (non-hydrogen) atoms. The van der Waals surface area contributed by atoms with Gasteiger partial charge in [-0.1, -0.05) is 6.92 Å². The van der Waals surface area contributed by atoms with Crippen LogP contribution in [0.1, 0.15) is 25.8 Å². The van der Waals surface area contributed by atoms with Gasteiger partial charge in [-0.2, -0.15) is 5.26 Å². The fraction of sp³-hybridized carbons (Fsp3) is 0.562. The molecule has 6 nitrogen and oxygen atoms in total. The van der Waals surface area contributed by atoms with E-state index >= 15 is 0 Å². The summed E-state index contributed by atoms with van der Waals surface area (Å²) in [6, 6.07) is 5.97. The summed E-state index contributed by atoms with van der Waals surface area (Å²) in [5.41, 5.74) is 0.573. The van der Waals surface area contributed by atoms with Crippen LogP contribution in [0.4, 0.5) is 5.82 Å². The maximum absolute atomic E-state index is 11.9. The summed E-state index contributed by atoms with van der Waals surface area (Å²) >= 11 is 0.